The van der Waals surface area contributed by atoms with Crippen molar-refractivity contribution >= 4 is 36.7 Å². The number of rotatable bonds is 3. The predicted octanol–water partition coefficient (Wildman–Crippen LogP) is 0.280. The zero-order chi connectivity index (χ0) is 15.9. The Balaban J connectivity index is 1.85. The van der Waals surface area contributed by atoms with Gasteiger partial charge in [0.15, 0.2) is 0 Å². The van der Waals surface area contributed by atoms with E-state index in [1.165, 1.54) is 13.5 Å². The summed E-state index contributed by atoms with van der Waals surface area (Å²) < 4.78 is 14.3. The highest BCUT2D eigenvalue weighted by Crippen LogP contribution is 2.32. The van der Waals surface area contributed by atoms with Crippen LogP contribution in [0.5, 0.6) is 0 Å². The van der Waals surface area contributed by atoms with E-state index in [1.807, 2.05) is 16.6 Å². The van der Waals surface area contributed by atoms with Gasteiger partial charge in [-0.3, -0.25) is 9.59 Å². The Morgan fingerprint density at radius 1 is 1.36 bits per heavy atom. The fourth-order valence-corrected chi connectivity index (χ4v) is 2.89. The molecule has 1 fully saturated rings. The van der Waals surface area contributed by atoms with Crippen molar-refractivity contribution in [2.75, 3.05) is 29.9 Å². The third kappa shape index (κ3) is 2.39. The lowest BCUT2D eigenvalue weighted by Gasteiger charge is -2.40. The number of amides is 1. The summed E-state index contributed by atoms with van der Waals surface area (Å²) in [6.07, 6.45) is 0.739. The number of nitrogens with zero attached hydrogens (tertiary/aromatic N) is 2. The number of fused-ring (bicyclic) bond motifs is 1. The fourth-order valence-electron chi connectivity index (χ4n) is 2.89. The Labute approximate surface area is 127 Å². The van der Waals surface area contributed by atoms with E-state index in [4.69, 9.17) is 0 Å². The Kier molecular flexibility index (Phi) is 3.70. The second-order valence-electron chi connectivity index (χ2n) is 5.45. The normalized spacial score (nSPS) is 21.5. The molecule has 8 heteroatoms. The van der Waals surface area contributed by atoms with Crippen LogP contribution in [0.4, 0.5) is 15.8 Å². The van der Waals surface area contributed by atoms with Gasteiger partial charge >= 0.3 is 0 Å². The van der Waals surface area contributed by atoms with Crippen molar-refractivity contribution in [1.82, 2.24) is 4.81 Å². The smallest absolute Gasteiger partial charge is 0.296 e. The average Bonchev–Trinajstić information content (AvgIpc) is 2.76. The predicted molar refractivity (Wildman–Crippen MR) is 80.2 cm³/mol. The second kappa shape index (κ2) is 5.53. The zero-order valence-corrected chi connectivity index (χ0v) is 12.0. The monoisotopic (exact) mass is 302 g/mol. The lowest BCUT2D eigenvalue weighted by molar-refractivity contribution is -0.112. The molecule has 0 bridgehead atoms. The molecule has 1 atom stereocenters. The lowest BCUT2D eigenvalue weighted by Crippen LogP contribution is -2.53. The Bertz CT molecular complexity index is 667. The minimum Gasteiger partial charge on any atom is -0.366 e. The molecule has 2 heterocycles. The van der Waals surface area contributed by atoms with E-state index in [0.717, 1.165) is 12.3 Å². The molecule has 1 amide bonds. The van der Waals surface area contributed by atoms with E-state index in [1.54, 1.807) is 0 Å². The van der Waals surface area contributed by atoms with Gasteiger partial charge in [0.05, 0.1) is 23.1 Å². The SMILES string of the molecule is CC1CN(c2cc3c(cc2F)C(=O)C(=O)N3)CCN1[B]C=O. The maximum atomic E-state index is 14.3. The first-order valence-electron chi connectivity index (χ1n) is 7.00. The van der Waals surface area contributed by atoms with Crippen LogP contribution < -0.4 is 10.2 Å². The van der Waals surface area contributed by atoms with Crippen LogP contribution in [0, 0.1) is 5.82 Å². The minimum atomic E-state index is -0.731. The van der Waals surface area contributed by atoms with E-state index in [-0.39, 0.29) is 11.6 Å². The zero-order valence-electron chi connectivity index (χ0n) is 12.0. The Morgan fingerprint density at radius 3 is 2.82 bits per heavy atom. The van der Waals surface area contributed by atoms with Gasteiger partial charge in [-0.25, -0.2) is 4.39 Å². The molecule has 1 N–H and O–H groups in total. The molecule has 1 aromatic carbocycles. The Hall–Kier alpha value is -2.22. The van der Waals surface area contributed by atoms with E-state index < -0.39 is 17.5 Å². The number of nitrogens with one attached hydrogen (secondary N) is 1. The molecule has 1 unspecified atom stereocenters. The molecule has 22 heavy (non-hydrogen) atoms. The fraction of sp³-hybridized carbons (Fsp3) is 0.357. The number of halogens is 1. The molecule has 2 aliphatic heterocycles. The van der Waals surface area contributed by atoms with Crippen LogP contribution >= 0.6 is 0 Å². The molecular formula is C14H14BFN3O3. The first-order valence-corrected chi connectivity index (χ1v) is 7.00. The second-order valence-corrected chi connectivity index (χ2v) is 5.45. The average molecular weight is 302 g/mol. The van der Waals surface area contributed by atoms with Crippen molar-refractivity contribution in [2.24, 2.45) is 0 Å². The number of benzene rings is 1. The molecule has 1 saturated heterocycles. The van der Waals surface area contributed by atoms with Crippen LogP contribution in [0.2, 0.25) is 0 Å². The van der Waals surface area contributed by atoms with Gasteiger partial charge in [0.25, 0.3) is 19.1 Å². The molecule has 6 nitrogen and oxygen atoms in total. The largest absolute Gasteiger partial charge is 0.366 e. The summed E-state index contributed by atoms with van der Waals surface area (Å²) in [4.78, 5) is 37.2. The molecule has 113 valence electrons. The van der Waals surface area contributed by atoms with Crippen molar-refractivity contribution in [3.05, 3.63) is 23.5 Å². The van der Waals surface area contributed by atoms with Gasteiger partial charge < -0.3 is 19.8 Å². The van der Waals surface area contributed by atoms with Crippen LogP contribution in [0.1, 0.15) is 17.3 Å². The third-order valence-corrected chi connectivity index (χ3v) is 4.06. The highest BCUT2D eigenvalue weighted by molar-refractivity contribution is 6.64. The topological polar surface area (TPSA) is 69.7 Å². The maximum Gasteiger partial charge on any atom is 0.296 e. The van der Waals surface area contributed by atoms with Crippen LogP contribution in [0.3, 0.4) is 0 Å². The highest BCUT2D eigenvalue weighted by Gasteiger charge is 2.31. The molecule has 0 aromatic heterocycles. The number of piperazine rings is 1. The third-order valence-electron chi connectivity index (χ3n) is 4.06. The van der Waals surface area contributed by atoms with E-state index >= 15 is 0 Å². The Morgan fingerprint density at radius 2 is 2.14 bits per heavy atom. The van der Waals surface area contributed by atoms with Gasteiger partial charge in [-0.1, -0.05) is 0 Å². The van der Waals surface area contributed by atoms with Gasteiger partial charge in [-0.05, 0) is 19.1 Å². The van der Waals surface area contributed by atoms with Crippen LogP contribution in [-0.2, 0) is 9.59 Å². The van der Waals surface area contributed by atoms with Crippen molar-refractivity contribution in [3.8, 4) is 0 Å². The van der Waals surface area contributed by atoms with Gasteiger partial charge in [0.1, 0.15) is 5.82 Å². The first-order chi connectivity index (χ1) is 10.5. The van der Waals surface area contributed by atoms with E-state index in [2.05, 4.69) is 5.32 Å². The molecular weight excluding hydrogens is 288 g/mol. The summed E-state index contributed by atoms with van der Waals surface area (Å²) in [6.45, 7) is 3.64. The number of carbonyl (C=O) groups is 3. The number of carbonyl (C=O) groups excluding carboxylic acids is 3. The first kappa shape index (κ1) is 14.7. The number of anilines is 2. The van der Waals surface area contributed by atoms with Crippen molar-refractivity contribution in [1.29, 1.82) is 0 Å². The van der Waals surface area contributed by atoms with Crippen molar-refractivity contribution < 1.29 is 18.8 Å². The summed E-state index contributed by atoms with van der Waals surface area (Å²) in [6, 6.07) is 2.67. The molecule has 2 aliphatic rings. The standard InChI is InChI=1S/C14H14BFN3O3/c1-8-6-18(2-3-19(8)15-7-20)12-5-11-9(4-10(12)16)13(21)14(22)17-11/h4-5,7-8H,2-3,6H2,1H3,(H,17,21,22). The van der Waals surface area contributed by atoms with Gasteiger partial charge in [-0.2, -0.15) is 0 Å². The highest BCUT2D eigenvalue weighted by atomic mass is 19.1. The number of Topliss-reactive ketones (excluding diaryl/α,β-unsaturated/α-hetero) is 1. The number of hydrogen-bond acceptors (Lipinski definition) is 5. The summed E-state index contributed by atoms with van der Waals surface area (Å²) in [7, 11) is 1.49. The summed E-state index contributed by atoms with van der Waals surface area (Å²) >= 11 is 0. The lowest BCUT2D eigenvalue weighted by atomic mass is 9.90. The van der Waals surface area contributed by atoms with Gasteiger partial charge in [-0.15, -0.1) is 0 Å². The van der Waals surface area contributed by atoms with Crippen LogP contribution in [0.15, 0.2) is 12.1 Å². The molecule has 0 spiro atoms. The summed E-state index contributed by atoms with van der Waals surface area (Å²) in [5.41, 5.74) is 0.777. The van der Waals surface area contributed by atoms with Gasteiger partial charge in [0, 0.05) is 25.7 Å². The molecule has 1 aromatic rings. The maximum absolute atomic E-state index is 14.3. The minimum absolute atomic E-state index is 0.0582. The molecule has 3 rings (SSSR count). The molecule has 0 saturated carbocycles. The summed E-state index contributed by atoms with van der Waals surface area (Å²) in [5, 5.41) is 2.45. The van der Waals surface area contributed by atoms with E-state index in [9.17, 15) is 18.8 Å². The van der Waals surface area contributed by atoms with Crippen LogP contribution in [-0.4, -0.2) is 55.8 Å². The quantitative estimate of drug-likeness (QED) is 0.493. The van der Waals surface area contributed by atoms with Crippen LogP contribution in [0.25, 0.3) is 0 Å². The number of hydrogen-bond donors (Lipinski definition) is 1. The molecule has 0 aliphatic carbocycles. The van der Waals surface area contributed by atoms with E-state index in [0.29, 0.717) is 31.0 Å². The van der Waals surface area contributed by atoms with Gasteiger partial charge in [0.2, 0.25) is 0 Å². The van der Waals surface area contributed by atoms with Crippen molar-refractivity contribution in [2.45, 2.75) is 13.0 Å². The van der Waals surface area contributed by atoms with Crippen molar-refractivity contribution in [3.63, 3.8) is 0 Å². The summed E-state index contributed by atoms with van der Waals surface area (Å²) in [5.74, 6) is -1.96. The number of ketones is 1. The molecule has 1 radical (unpaired) electrons.